The zero-order valence-corrected chi connectivity index (χ0v) is 19.3. The van der Waals surface area contributed by atoms with Gasteiger partial charge >= 0.3 is 0 Å². The lowest BCUT2D eigenvalue weighted by atomic mass is 9.99. The summed E-state index contributed by atoms with van der Waals surface area (Å²) in [6, 6.07) is 11.5. The van der Waals surface area contributed by atoms with Crippen molar-refractivity contribution in [2.45, 2.75) is 59.6 Å². The lowest BCUT2D eigenvalue weighted by molar-refractivity contribution is 0.0920. The summed E-state index contributed by atoms with van der Waals surface area (Å²) >= 11 is 6.16. The van der Waals surface area contributed by atoms with Crippen molar-refractivity contribution in [1.29, 1.82) is 0 Å². The van der Waals surface area contributed by atoms with Crippen molar-refractivity contribution in [3.05, 3.63) is 69.9 Å². The number of aromatic nitrogens is 2. The van der Waals surface area contributed by atoms with Crippen LogP contribution in [0.3, 0.4) is 0 Å². The SMILES string of the molecule is CCC(C)c1ccc(OCc2ccc(C(=O)NCCCn3nc(C)c(Cl)c3C)o2)cc1. The Bertz CT molecular complexity index is 1010. The minimum atomic E-state index is -0.240. The van der Waals surface area contributed by atoms with Gasteiger partial charge in [0.15, 0.2) is 5.76 Å². The van der Waals surface area contributed by atoms with E-state index in [9.17, 15) is 4.79 Å². The van der Waals surface area contributed by atoms with Gasteiger partial charge in [0.1, 0.15) is 18.1 Å². The number of amides is 1. The molecule has 1 atom stereocenters. The van der Waals surface area contributed by atoms with Crippen LogP contribution in [-0.4, -0.2) is 22.2 Å². The Hall–Kier alpha value is -2.73. The van der Waals surface area contributed by atoms with E-state index in [1.165, 1.54) is 5.56 Å². The van der Waals surface area contributed by atoms with Crippen LogP contribution in [0.1, 0.15) is 65.9 Å². The maximum atomic E-state index is 12.3. The van der Waals surface area contributed by atoms with Crippen molar-refractivity contribution in [1.82, 2.24) is 15.1 Å². The molecule has 7 heteroatoms. The summed E-state index contributed by atoms with van der Waals surface area (Å²) in [6.45, 7) is 9.68. The number of aryl methyl sites for hydroxylation is 2. The van der Waals surface area contributed by atoms with Crippen LogP contribution in [0.5, 0.6) is 5.75 Å². The Morgan fingerprint density at radius 1 is 1.23 bits per heavy atom. The van der Waals surface area contributed by atoms with Crippen LogP contribution >= 0.6 is 11.6 Å². The number of halogens is 1. The molecule has 2 heterocycles. The first-order valence-corrected chi connectivity index (χ1v) is 11.1. The molecule has 2 aromatic heterocycles. The van der Waals surface area contributed by atoms with Gasteiger partial charge in [-0.2, -0.15) is 5.10 Å². The topological polar surface area (TPSA) is 69.3 Å². The summed E-state index contributed by atoms with van der Waals surface area (Å²) in [6.07, 6.45) is 1.85. The van der Waals surface area contributed by atoms with Gasteiger partial charge in [0.05, 0.1) is 16.4 Å². The van der Waals surface area contributed by atoms with Crippen molar-refractivity contribution in [3.63, 3.8) is 0 Å². The Morgan fingerprint density at radius 2 is 1.97 bits per heavy atom. The number of hydrogen-bond donors (Lipinski definition) is 1. The largest absolute Gasteiger partial charge is 0.486 e. The molecule has 1 amide bonds. The third kappa shape index (κ3) is 5.91. The zero-order chi connectivity index (χ0) is 22.4. The number of carbonyl (C=O) groups excluding carboxylic acids is 1. The summed E-state index contributed by atoms with van der Waals surface area (Å²) in [5.74, 6) is 1.95. The van der Waals surface area contributed by atoms with Gasteiger partial charge in [0, 0.05) is 13.1 Å². The van der Waals surface area contributed by atoms with Crippen LogP contribution < -0.4 is 10.1 Å². The van der Waals surface area contributed by atoms with E-state index in [-0.39, 0.29) is 18.3 Å². The Balaban J connectivity index is 1.43. The quantitative estimate of drug-likeness (QED) is 0.410. The summed E-state index contributed by atoms with van der Waals surface area (Å²) in [5.41, 5.74) is 3.06. The molecule has 0 fully saturated rings. The first-order valence-electron chi connectivity index (χ1n) is 10.7. The number of benzene rings is 1. The second kappa shape index (κ2) is 10.5. The molecule has 0 radical (unpaired) electrons. The lowest BCUT2D eigenvalue weighted by Crippen LogP contribution is -2.25. The predicted octanol–water partition coefficient (Wildman–Crippen LogP) is 5.66. The monoisotopic (exact) mass is 443 g/mol. The Labute approximate surface area is 188 Å². The molecule has 3 aromatic rings. The molecular formula is C24H30ClN3O3. The average Bonchev–Trinajstić information content (AvgIpc) is 3.35. The normalized spacial score (nSPS) is 12.0. The molecule has 6 nitrogen and oxygen atoms in total. The molecule has 3 rings (SSSR count). The fourth-order valence-corrected chi connectivity index (χ4v) is 3.41. The van der Waals surface area contributed by atoms with Gasteiger partial charge in [-0.3, -0.25) is 9.48 Å². The fourth-order valence-electron chi connectivity index (χ4n) is 3.27. The van der Waals surface area contributed by atoms with E-state index in [1.54, 1.807) is 12.1 Å². The van der Waals surface area contributed by atoms with Crippen LogP contribution in [0.2, 0.25) is 5.02 Å². The van der Waals surface area contributed by atoms with E-state index >= 15 is 0 Å². The number of rotatable bonds is 10. The van der Waals surface area contributed by atoms with E-state index in [1.807, 2.05) is 30.7 Å². The molecule has 1 N–H and O–H groups in total. The Morgan fingerprint density at radius 3 is 2.61 bits per heavy atom. The minimum Gasteiger partial charge on any atom is -0.486 e. The molecule has 31 heavy (non-hydrogen) atoms. The average molecular weight is 444 g/mol. The van der Waals surface area contributed by atoms with Crippen molar-refractivity contribution in [2.75, 3.05) is 6.54 Å². The highest BCUT2D eigenvalue weighted by Crippen LogP contribution is 2.22. The molecule has 1 aromatic carbocycles. The highest BCUT2D eigenvalue weighted by molar-refractivity contribution is 6.31. The summed E-state index contributed by atoms with van der Waals surface area (Å²) in [7, 11) is 0. The van der Waals surface area contributed by atoms with E-state index in [4.69, 9.17) is 20.8 Å². The first kappa shape index (κ1) is 22.9. The van der Waals surface area contributed by atoms with Crippen LogP contribution in [0.25, 0.3) is 0 Å². The highest BCUT2D eigenvalue weighted by Gasteiger charge is 2.12. The van der Waals surface area contributed by atoms with E-state index in [0.717, 1.165) is 30.0 Å². The number of nitrogens with zero attached hydrogens (tertiary/aromatic N) is 2. The van der Waals surface area contributed by atoms with Gasteiger partial charge in [-0.25, -0.2) is 0 Å². The smallest absolute Gasteiger partial charge is 0.286 e. The molecule has 0 aliphatic heterocycles. The number of ether oxygens (including phenoxy) is 1. The molecule has 0 aliphatic carbocycles. The molecule has 0 saturated heterocycles. The van der Waals surface area contributed by atoms with Crippen molar-refractivity contribution in [3.8, 4) is 5.75 Å². The summed E-state index contributed by atoms with van der Waals surface area (Å²) in [5, 5.41) is 7.96. The van der Waals surface area contributed by atoms with E-state index in [2.05, 4.69) is 36.4 Å². The molecule has 0 bridgehead atoms. The molecule has 0 aliphatic rings. The maximum absolute atomic E-state index is 12.3. The molecule has 0 spiro atoms. The summed E-state index contributed by atoms with van der Waals surface area (Å²) in [4.78, 5) is 12.3. The standard InChI is InChI=1S/C24H30ClN3O3/c1-5-16(2)19-7-9-20(10-8-19)30-15-21-11-12-22(31-21)24(29)26-13-6-14-28-18(4)23(25)17(3)27-28/h7-12,16H,5-6,13-15H2,1-4H3,(H,26,29). The zero-order valence-electron chi connectivity index (χ0n) is 18.6. The lowest BCUT2D eigenvalue weighted by Gasteiger charge is -2.10. The number of carbonyl (C=O) groups is 1. The van der Waals surface area contributed by atoms with Gasteiger partial charge in [0.2, 0.25) is 0 Å². The first-order chi connectivity index (χ1) is 14.9. The minimum absolute atomic E-state index is 0.240. The van der Waals surface area contributed by atoms with Crippen molar-refractivity contribution < 1.29 is 13.9 Å². The van der Waals surface area contributed by atoms with Crippen LogP contribution in [0, 0.1) is 13.8 Å². The van der Waals surface area contributed by atoms with Gasteiger partial charge in [-0.05, 0) is 62.4 Å². The Kier molecular flexibility index (Phi) is 7.80. The van der Waals surface area contributed by atoms with Crippen molar-refractivity contribution >= 4 is 17.5 Å². The number of furan rings is 1. The number of hydrogen-bond acceptors (Lipinski definition) is 4. The molecule has 166 valence electrons. The van der Waals surface area contributed by atoms with Crippen LogP contribution in [-0.2, 0) is 13.2 Å². The third-order valence-electron chi connectivity index (χ3n) is 5.45. The van der Waals surface area contributed by atoms with Gasteiger partial charge < -0.3 is 14.5 Å². The third-order valence-corrected chi connectivity index (χ3v) is 6.00. The maximum Gasteiger partial charge on any atom is 0.286 e. The van der Waals surface area contributed by atoms with Gasteiger partial charge in [-0.1, -0.05) is 37.6 Å². The number of nitrogens with one attached hydrogen (secondary N) is 1. The molecular weight excluding hydrogens is 414 g/mol. The molecule has 0 saturated carbocycles. The van der Waals surface area contributed by atoms with Gasteiger partial charge in [-0.15, -0.1) is 0 Å². The fraction of sp³-hybridized carbons (Fsp3) is 0.417. The van der Waals surface area contributed by atoms with Crippen LogP contribution in [0.15, 0.2) is 40.8 Å². The molecule has 1 unspecified atom stereocenters. The van der Waals surface area contributed by atoms with Crippen molar-refractivity contribution in [2.24, 2.45) is 0 Å². The second-order valence-corrected chi connectivity index (χ2v) is 8.13. The second-order valence-electron chi connectivity index (χ2n) is 7.75. The summed E-state index contributed by atoms with van der Waals surface area (Å²) < 4.78 is 13.3. The van der Waals surface area contributed by atoms with Gasteiger partial charge in [0.25, 0.3) is 5.91 Å². The van der Waals surface area contributed by atoms with E-state index < -0.39 is 0 Å². The van der Waals surface area contributed by atoms with E-state index in [0.29, 0.717) is 29.8 Å². The highest BCUT2D eigenvalue weighted by atomic mass is 35.5. The van der Waals surface area contributed by atoms with Crippen LogP contribution in [0.4, 0.5) is 0 Å². The predicted molar refractivity (Wildman–Crippen MR) is 122 cm³/mol.